The predicted octanol–water partition coefficient (Wildman–Crippen LogP) is -0.0484. The molecule has 2 rings (SSSR count). The summed E-state index contributed by atoms with van der Waals surface area (Å²) in [4.78, 5) is 49.0. The summed E-state index contributed by atoms with van der Waals surface area (Å²) in [6.45, 7) is 0.386. The lowest BCUT2D eigenvalue weighted by Crippen LogP contribution is -2.55. The molecule has 0 bridgehead atoms. The number of aliphatic carboxylic acids is 1. The maximum absolute atomic E-state index is 13.0. The van der Waals surface area contributed by atoms with Crippen molar-refractivity contribution in [3.63, 3.8) is 0 Å². The van der Waals surface area contributed by atoms with Crippen molar-refractivity contribution in [2.24, 2.45) is 0 Å². The minimum Gasteiger partial charge on any atom is -0.480 e. The monoisotopic (exact) mass is 418 g/mol. The van der Waals surface area contributed by atoms with Crippen molar-refractivity contribution in [2.45, 2.75) is 56.7 Å². The number of nitrogens with one attached hydrogen (secondary N) is 4. The predicted molar refractivity (Wildman–Crippen MR) is 111 cm³/mol. The zero-order chi connectivity index (χ0) is 21.9. The number of carboxylic acid groups (broad SMARTS) is 1. The van der Waals surface area contributed by atoms with E-state index in [9.17, 15) is 24.3 Å². The lowest BCUT2D eigenvalue weighted by atomic mass is 10.0. The third-order valence-electron chi connectivity index (χ3n) is 5.09. The smallest absolute Gasteiger partial charge is 0.321 e. The summed E-state index contributed by atoms with van der Waals surface area (Å²) in [5.41, 5.74) is 1.00. The maximum atomic E-state index is 13.0. The third-order valence-corrected chi connectivity index (χ3v) is 5.09. The molecule has 5 N–H and O–H groups in total. The molecule has 3 amide bonds. The van der Waals surface area contributed by atoms with Gasteiger partial charge in [-0.3, -0.25) is 24.5 Å². The molecule has 1 saturated heterocycles. The molecule has 0 saturated carbocycles. The minimum absolute atomic E-state index is 0.274. The molecular weight excluding hydrogens is 388 g/mol. The molecule has 2 unspecified atom stereocenters. The van der Waals surface area contributed by atoms with Crippen molar-refractivity contribution < 1.29 is 24.3 Å². The highest BCUT2D eigenvalue weighted by Crippen LogP contribution is 2.10. The first kappa shape index (κ1) is 23.3. The number of likely N-dealkylation sites (N-methyl/N-ethyl adjacent to an activating group) is 1. The van der Waals surface area contributed by atoms with Crippen LogP contribution in [0.2, 0.25) is 0 Å². The van der Waals surface area contributed by atoms with E-state index in [0.717, 1.165) is 5.56 Å². The van der Waals surface area contributed by atoms with Crippen molar-refractivity contribution in [3.8, 4) is 0 Å². The molecule has 164 valence electrons. The number of aryl methyl sites for hydroxylation is 1. The van der Waals surface area contributed by atoms with Crippen LogP contribution in [0.1, 0.15) is 37.7 Å². The van der Waals surface area contributed by atoms with Gasteiger partial charge in [-0.25, -0.2) is 0 Å². The van der Waals surface area contributed by atoms with Crippen LogP contribution in [-0.2, 0) is 25.6 Å². The van der Waals surface area contributed by atoms with Crippen LogP contribution in [-0.4, -0.2) is 60.5 Å². The lowest BCUT2D eigenvalue weighted by Gasteiger charge is -2.25. The summed E-state index contributed by atoms with van der Waals surface area (Å²) in [7, 11) is 1.50. The van der Waals surface area contributed by atoms with Gasteiger partial charge in [-0.05, 0) is 37.7 Å². The average molecular weight is 418 g/mol. The molecule has 0 spiro atoms. The molecule has 3 atom stereocenters. The zero-order valence-electron chi connectivity index (χ0n) is 17.1. The first-order valence-electron chi connectivity index (χ1n) is 10.2. The number of carboxylic acids is 1. The first-order chi connectivity index (χ1) is 14.4. The maximum Gasteiger partial charge on any atom is 0.321 e. The molecule has 1 aromatic rings. The Bertz CT molecular complexity index is 740. The van der Waals surface area contributed by atoms with Crippen LogP contribution in [0.15, 0.2) is 30.3 Å². The Kier molecular flexibility index (Phi) is 9.27. The van der Waals surface area contributed by atoms with Gasteiger partial charge in [0.25, 0.3) is 0 Å². The SMILES string of the molecule is CNC(=O)C1CCCCNC(=O)C[C@H](C(=O)O)NC(CCc2ccccc2)C(=O)N1. The fraction of sp³-hybridized carbons (Fsp3) is 0.524. The van der Waals surface area contributed by atoms with Crippen molar-refractivity contribution in [2.75, 3.05) is 13.6 Å². The molecule has 9 heteroatoms. The fourth-order valence-electron chi connectivity index (χ4n) is 3.38. The lowest BCUT2D eigenvalue weighted by molar-refractivity contribution is -0.142. The summed E-state index contributed by atoms with van der Waals surface area (Å²) in [5.74, 6) is -2.36. The van der Waals surface area contributed by atoms with E-state index in [-0.39, 0.29) is 18.2 Å². The van der Waals surface area contributed by atoms with Gasteiger partial charge in [-0.2, -0.15) is 0 Å². The minimum atomic E-state index is -1.21. The van der Waals surface area contributed by atoms with E-state index in [0.29, 0.717) is 38.6 Å². The van der Waals surface area contributed by atoms with Gasteiger partial charge in [-0.1, -0.05) is 30.3 Å². The van der Waals surface area contributed by atoms with Gasteiger partial charge in [0.15, 0.2) is 0 Å². The highest BCUT2D eigenvalue weighted by molar-refractivity contribution is 5.90. The van der Waals surface area contributed by atoms with Crippen LogP contribution in [0.5, 0.6) is 0 Å². The van der Waals surface area contributed by atoms with Crippen LogP contribution in [0, 0.1) is 0 Å². The van der Waals surface area contributed by atoms with Gasteiger partial charge >= 0.3 is 5.97 Å². The van der Waals surface area contributed by atoms with Crippen LogP contribution >= 0.6 is 0 Å². The topological polar surface area (TPSA) is 137 Å². The molecule has 30 heavy (non-hydrogen) atoms. The molecular formula is C21H30N4O5. The Balaban J connectivity index is 2.22. The highest BCUT2D eigenvalue weighted by Gasteiger charge is 2.30. The largest absolute Gasteiger partial charge is 0.480 e. The van der Waals surface area contributed by atoms with Gasteiger partial charge in [0.1, 0.15) is 12.1 Å². The average Bonchev–Trinajstić information content (AvgIpc) is 2.75. The number of carbonyl (C=O) groups is 4. The van der Waals surface area contributed by atoms with E-state index in [1.54, 1.807) is 0 Å². The van der Waals surface area contributed by atoms with Crippen molar-refractivity contribution in [1.82, 2.24) is 21.3 Å². The van der Waals surface area contributed by atoms with Crippen LogP contribution in [0.4, 0.5) is 0 Å². The molecule has 0 aliphatic carbocycles. The number of hydrogen-bond acceptors (Lipinski definition) is 5. The highest BCUT2D eigenvalue weighted by atomic mass is 16.4. The van der Waals surface area contributed by atoms with Crippen molar-refractivity contribution >= 4 is 23.7 Å². The number of carbonyl (C=O) groups excluding carboxylic acids is 3. The summed E-state index contributed by atoms with van der Waals surface area (Å²) < 4.78 is 0. The zero-order valence-corrected chi connectivity index (χ0v) is 17.1. The molecule has 9 nitrogen and oxygen atoms in total. The van der Waals surface area contributed by atoms with E-state index >= 15 is 0 Å². The van der Waals surface area contributed by atoms with Crippen LogP contribution < -0.4 is 21.3 Å². The van der Waals surface area contributed by atoms with Crippen molar-refractivity contribution in [1.29, 1.82) is 0 Å². The van der Waals surface area contributed by atoms with E-state index in [2.05, 4.69) is 21.3 Å². The Morgan fingerprint density at radius 3 is 2.53 bits per heavy atom. The Morgan fingerprint density at radius 1 is 1.13 bits per heavy atom. The second kappa shape index (κ2) is 11.9. The van der Waals surface area contributed by atoms with Gasteiger partial charge in [0.05, 0.1) is 12.5 Å². The molecule has 0 aromatic heterocycles. The van der Waals surface area contributed by atoms with E-state index < -0.39 is 30.0 Å². The Morgan fingerprint density at radius 2 is 1.87 bits per heavy atom. The van der Waals surface area contributed by atoms with E-state index in [1.807, 2.05) is 30.3 Å². The number of rotatable bonds is 5. The molecule has 1 aliphatic rings. The second-order valence-corrected chi connectivity index (χ2v) is 7.36. The van der Waals surface area contributed by atoms with Crippen LogP contribution in [0.25, 0.3) is 0 Å². The van der Waals surface area contributed by atoms with Crippen LogP contribution in [0.3, 0.4) is 0 Å². The second-order valence-electron chi connectivity index (χ2n) is 7.36. The third kappa shape index (κ3) is 7.47. The molecule has 1 aliphatic heterocycles. The molecule has 1 heterocycles. The number of amides is 3. The summed E-state index contributed by atoms with van der Waals surface area (Å²) in [5, 5.41) is 20.4. The summed E-state index contributed by atoms with van der Waals surface area (Å²) >= 11 is 0. The normalized spacial score (nSPS) is 23.7. The Labute approximate surface area is 176 Å². The van der Waals surface area contributed by atoms with Gasteiger partial charge in [-0.15, -0.1) is 0 Å². The fourth-order valence-corrected chi connectivity index (χ4v) is 3.38. The van der Waals surface area contributed by atoms with Crippen molar-refractivity contribution in [3.05, 3.63) is 35.9 Å². The quantitative estimate of drug-likeness (QED) is 0.455. The van der Waals surface area contributed by atoms with E-state index in [1.165, 1.54) is 7.05 Å². The Hall–Kier alpha value is -2.94. The molecule has 1 fully saturated rings. The number of hydrogen-bond donors (Lipinski definition) is 5. The van der Waals surface area contributed by atoms with E-state index in [4.69, 9.17) is 0 Å². The van der Waals surface area contributed by atoms with Gasteiger partial charge in [0.2, 0.25) is 17.7 Å². The number of benzene rings is 1. The molecule has 0 radical (unpaired) electrons. The first-order valence-corrected chi connectivity index (χ1v) is 10.2. The van der Waals surface area contributed by atoms with Gasteiger partial charge in [0, 0.05) is 13.6 Å². The summed E-state index contributed by atoms with van der Waals surface area (Å²) in [6.07, 6.45) is 2.26. The summed E-state index contributed by atoms with van der Waals surface area (Å²) in [6, 6.07) is 6.71. The standard InChI is InChI=1S/C21H30N4O5/c1-22-19(27)15-9-5-6-12-23-18(26)13-17(21(29)30)24-16(20(28)25-15)11-10-14-7-3-2-4-8-14/h2-4,7-8,15-17,24H,5-6,9-13H2,1H3,(H,22,27)(H,23,26)(H,25,28)(H,29,30)/t15?,16?,17-/m1/s1. The molecule has 1 aromatic carbocycles. The van der Waals surface area contributed by atoms with Gasteiger partial charge < -0.3 is 21.1 Å².